The fourth-order valence-electron chi connectivity index (χ4n) is 3.09. The van der Waals surface area contributed by atoms with Crippen LogP contribution in [-0.4, -0.2) is 25.6 Å². The van der Waals surface area contributed by atoms with Crippen LogP contribution in [-0.2, 0) is 0 Å². The Hall–Kier alpha value is -2.47. The minimum absolute atomic E-state index is 0.306. The fourth-order valence-corrected chi connectivity index (χ4v) is 4.03. The molecule has 3 aromatic heterocycles. The second-order valence-corrected chi connectivity index (χ2v) is 7.79. The van der Waals surface area contributed by atoms with E-state index in [2.05, 4.69) is 58.4 Å². The van der Waals surface area contributed by atoms with Crippen LogP contribution < -0.4 is 5.32 Å². The molecule has 0 atom stereocenters. The second kappa shape index (κ2) is 5.52. The molecule has 126 valence electrons. The maximum absolute atomic E-state index is 4.89. The van der Waals surface area contributed by atoms with E-state index in [1.165, 1.54) is 22.9 Å². The van der Waals surface area contributed by atoms with E-state index in [0.29, 0.717) is 12.1 Å². The van der Waals surface area contributed by atoms with E-state index in [4.69, 9.17) is 9.97 Å². The van der Waals surface area contributed by atoms with Crippen LogP contribution in [0.3, 0.4) is 0 Å². The monoisotopic (exact) mass is 349 g/mol. The summed E-state index contributed by atoms with van der Waals surface area (Å²) in [5.41, 5.74) is 2.86. The smallest absolute Gasteiger partial charge is 0.166 e. The summed E-state index contributed by atoms with van der Waals surface area (Å²) in [6.07, 6.45) is 4.28. The summed E-state index contributed by atoms with van der Waals surface area (Å²) in [7, 11) is 0. The van der Waals surface area contributed by atoms with Crippen molar-refractivity contribution < 1.29 is 0 Å². The van der Waals surface area contributed by atoms with Crippen molar-refractivity contribution >= 4 is 38.4 Å². The van der Waals surface area contributed by atoms with Crippen molar-refractivity contribution in [2.45, 2.75) is 38.8 Å². The van der Waals surface area contributed by atoms with Gasteiger partial charge in [0.15, 0.2) is 17.3 Å². The summed E-state index contributed by atoms with van der Waals surface area (Å²) in [5, 5.41) is 6.90. The van der Waals surface area contributed by atoms with Crippen LogP contribution in [0.1, 0.15) is 32.7 Å². The first kappa shape index (κ1) is 14.8. The van der Waals surface area contributed by atoms with Crippen LogP contribution in [0.2, 0.25) is 0 Å². The number of nitrogens with one attached hydrogen (secondary N) is 1. The number of anilines is 1. The molecule has 6 heteroatoms. The van der Waals surface area contributed by atoms with Gasteiger partial charge in [-0.1, -0.05) is 18.2 Å². The molecule has 3 heterocycles. The van der Waals surface area contributed by atoms with Gasteiger partial charge in [-0.05, 0) is 32.8 Å². The quantitative estimate of drug-likeness (QED) is 0.571. The minimum atomic E-state index is 0.306. The van der Waals surface area contributed by atoms with Gasteiger partial charge in [0.2, 0.25) is 0 Å². The Morgan fingerprint density at radius 2 is 2.04 bits per heavy atom. The molecule has 0 saturated heterocycles. The molecule has 0 radical (unpaired) electrons. The zero-order valence-corrected chi connectivity index (χ0v) is 15.0. The summed E-state index contributed by atoms with van der Waals surface area (Å²) in [5.74, 6) is 1.63. The summed E-state index contributed by atoms with van der Waals surface area (Å²) in [6, 6.07) is 9.25. The van der Waals surface area contributed by atoms with Crippen molar-refractivity contribution in [3.8, 4) is 11.4 Å². The molecule has 5 nitrogen and oxygen atoms in total. The average Bonchev–Trinajstić information content (AvgIpc) is 3.16. The first-order valence-corrected chi connectivity index (χ1v) is 9.56. The number of hydrogen-bond donors (Lipinski definition) is 1. The predicted molar refractivity (Wildman–Crippen MR) is 103 cm³/mol. The van der Waals surface area contributed by atoms with E-state index in [9.17, 15) is 0 Å². The summed E-state index contributed by atoms with van der Waals surface area (Å²) in [6.45, 7) is 4.30. The molecule has 25 heavy (non-hydrogen) atoms. The second-order valence-electron chi connectivity index (χ2n) is 6.88. The zero-order valence-electron chi connectivity index (χ0n) is 14.2. The van der Waals surface area contributed by atoms with E-state index in [-0.39, 0.29) is 0 Å². The van der Waals surface area contributed by atoms with E-state index in [1.54, 1.807) is 11.3 Å². The number of thiophene rings is 1. The number of fused-ring (bicyclic) bond motifs is 2. The lowest BCUT2D eigenvalue weighted by Crippen LogP contribution is -2.07. The van der Waals surface area contributed by atoms with Gasteiger partial charge in [-0.3, -0.25) is 0 Å². The Labute approximate surface area is 149 Å². The number of imidazole rings is 1. The molecule has 1 saturated carbocycles. The maximum atomic E-state index is 4.89. The third-order valence-corrected chi connectivity index (χ3v) is 5.58. The predicted octanol–water partition coefficient (Wildman–Crippen LogP) is 4.86. The highest BCUT2D eigenvalue weighted by molar-refractivity contribution is 7.17. The van der Waals surface area contributed by atoms with Crippen molar-refractivity contribution in [2.75, 3.05) is 5.32 Å². The molecule has 1 fully saturated rings. The molecule has 4 aromatic rings. The lowest BCUT2D eigenvalue weighted by atomic mass is 10.1. The fraction of sp³-hybridized carbons (Fsp3) is 0.316. The summed E-state index contributed by atoms with van der Waals surface area (Å²) < 4.78 is 3.38. The highest BCUT2D eigenvalue weighted by atomic mass is 32.1. The molecule has 1 aliphatic carbocycles. The van der Waals surface area contributed by atoms with Gasteiger partial charge in [0, 0.05) is 33.1 Å². The average molecular weight is 349 g/mol. The first-order valence-electron chi connectivity index (χ1n) is 8.68. The highest BCUT2D eigenvalue weighted by Crippen LogP contribution is 2.35. The number of hydrogen-bond acceptors (Lipinski definition) is 5. The zero-order chi connectivity index (χ0) is 17.0. The van der Waals surface area contributed by atoms with E-state index >= 15 is 0 Å². The van der Waals surface area contributed by atoms with E-state index < -0.39 is 0 Å². The van der Waals surface area contributed by atoms with Gasteiger partial charge in [0.05, 0.1) is 6.33 Å². The minimum Gasteiger partial charge on any atom is -0.365 e. The Morgan fingerprint density at radius 1 is 1.20 bits per heavy atom. The van der Waals surface area contributed by atoms with Crippen LogP contribution in [0, 0.1) is 0 Å². The molecular weight excluding hydrogens is 330 g/mol. The SMILES string of the molecule is CC(C)n1cnc2c(NC3CC3)nc(-c3csc4ccccc34)nc21. The lowest BCUT2D eigenvalue weighted by Gasteiger charge is -2.10. The molecule has 1 aliphatic rings. The van der Waals surface area contributed by atoms with Crippen molar-refractivity contribution in [2.24, 2.45) is 0 Å². The van der Waals surface area contributed by atoms with Gasteiger partial charge >= 0.3 is 0 Å². The molecule has 0 aliphatic heterocycles. The normalized spacial score (nSPS) is 14.7. The van der Waals surface area contributed by atoms with Gasteiger partial charge in [-0.2, -0.15) is 0 Å². The largest absolute Gasteiger partial charge is 0.365 e. The van der Waals surface area contributed by atoms with Crippen LogP contribution in [0.4, 0.5) is 5.82 Å². The van der Waals surface area contributed by atoms with Crippen molar-refractivity contribution in [1.29, 1.82) is 0 Å². The Bertz CT molecular complexity index is 1070. The molecule has 0 amide bonds. The molecule has 5 rings (SSSR count). The summed E-state index contributed by atoms with van der Waals surface area (Å²) in [4.78, 5) is 14.3. The van der Waals surface area contributed by atoms with Gasteiger partial charge in [-0.25, -0.2) is 15.0 Å². The van der Waals surface area contributed by atoms with Crippen molar-refractivity contribution in [3.05, 3.63) is 36.0 Å². The highest BCUT2D eigenvalue weighted by Gasteiger charge is 2.25. The Morgan fingerprint density at radius 3 is 2.84 bits per heavy atom. The molecule has 0 spiro atoms. The van der Waals surface area contributed by atoms with E-state index in [0.717, 1.165) is 28.4 Å². The summed E-state index contributed by atoms with van der Waals surface area (Å²) >= 11 is 1.74. The van der Waals surface area contributed by atoms with Gasteiger partial charge in [0.1, 0.15) is 5.52 Å². The van der Waals surface area contributed by atoms with Crippen molar-refractivity contribution in [3.63, 3.8) is 0 Å². The Kier molecular flexibility index (Phi) is 3.28. The number of benzene rings is 1. The van der Waals surface area contributed by atoms with Crippen LogP contribution in [0.15, 0.2) is 36.0 Å². The third kappa shape index (κ3) is 2.48. The number of nitrogens with zero attached hydrogens (tertiary/aromatic N) is 4. The van der Waals surface area contributed by atoms with Gasteiger partial charge < -0.3 is 9.88 Å². The van der Waals surface area contributed by atoms with Crippen LogP contribution in [0.5, 0.6) is 0 Å². The number of rotatable bonds is 4. The first-order chi connectivity index (χ1) is 12.2. The maximum Gasteiger partial charge on any atom is 0.166 e. The van der Waals surface area contributed by atoms with Gasteiger partial charge in [-0.15, -0.1) is 11.3 Å². The molecule has 1 N–H and O–H groups in total. The third-order valence-electron chi connectivity index (χ3n) is 4.62. The van der Waals surface area contributed by atoms with Crippen molar-refractivity contribution in [1.82, 2.24) is 19.5 Å². The van der Waals surface area contributed by atoms with Crippen LogP contribution >= 0.6 is 11.3 Å². The molecule has 0 bridgehead atoms. The standard InChI is InChI=1S/C19H19N5S/c1-11(2)24-10-20-16-18(21-12-7-8-12)22-17(23-19(16)24)14-9-25-15-6-4-3-5-13(14)15/h3-6,9-12H,7-8H2,1-2H3,(H,21,22,23). The van der Waals surface area contributed by atoms with E-state index in [1.807, 2.05) is 6.33 Å². The lowest BCUT2D eigenvalue weighted by molar-refractivity contribution is 0.613. The van der Waals surface area contributed by atoms with Gasteiger partial charge in [0.25, 0.3) is 0 Å². The molecule has 1 aromatic carbocycles. The van der Waals surface area contributed by atoms with Crippen LogP contribution in [0.25, 0.3) is 32.6 Å². The topological polar surface area (TPSA) is 55.6 Å². The molecular formula is C19H19N5S. The Balaban J connectivity index is 1.75. The molecule has 0 unspecified atom stereocenters. The number of aromatic nitrogens is 4.